The third-order valence-electron chi connectivity index (χ3n) is 5.30. The first-order chi connectivity index (χ1) is 8.59. The van der Waals surface area contributed by atoms with Gasteiger partial charge in [-0.1, -0.05) is 48.5 Å². The number of rotatable bonds is 4. The van der Waals surface area contributed by atoms with Gasteiger partial charge in [0.2, 0.25) is 0 Å². The quantitative estimate of drug-likeness (QED) is 0.835. The molecule has 0 aromatic rings. The lowest BCUT2D eigenvalue weighted by Gasteiger charge is -2.49. The molecule has 1 saturated heterocycles. The molecule has 1 heterocycles. The first-order valence-corrected chi connectivity index (χ1v) is 8.08. The van der Waals surface area contributed by atoms with Crippen molar-refractivity contribution in [2.24, 2.45) is 17.3 Å². The number of hydrogen-bond acceptors (Lipinski definition) is 2. The summed E-state index contributed by atoms with van der Waals surface area (Å²) in [7, 11) is 0. The second kappa shape index (κ2) is 6.13. The van der Waals surface area contributed by atoms with Crippen LogP contribution in [0.5, 0.6) is 0 Å². The Kier molecular flexibility index (Phi) is 5.48. The zero-order valence-corrected chi connectivity index (χ0v) is 14.5. The fourth-order valence-corrected chi connectivity index (χ4v) is 2.82. The molecule has 0 aromatic heterocycles. The standard InChI is InChI=1S/C17H36N2/c1-9-17(8)12-19(11-14(4)16(5,6)7)15(10-18-17)13(2)3/h13-15,18H,9-12H2,1-8H3. The molecular formula is C17H36N2. The first-order valence-electron chi connectivity index (χ1n) is 8.08. The average Bonchev–Trinajstić information content (AvgIpc) is 2.27. The van der Waals surface area contributed by atoms with E-state index in [1.165, 1.54) is 19.5 Å². The van der Waals surface area contributed by atoms with E-state index < -0.39 is 0 Å². The lowest BCUT2D eigenvalue weighted by atomic mass is 9.80. The Hall–Kier alpha value is -0.0800. The van der Waals surface area contributed by atoms with E-state index in [0.29, 0.717) is 17.0 Å². The molecule has 0 bridgehead atoms. The Balaban J connectivity index is 2.78. The van der Waals surface area contributed by atoms with Crippen molar-refractivity contribution in [1.82, 2.24) is 10.2 Å². The van der Waals surface area contributed by atoms with Gasteiger partial charge in [0, 0.05) is 31.2 Å². The molecule has 1 aliphatic rings. The van der Waals surface area contributed by atoms with Crippen LogP contribution in [0.2, 0.25) is 0 Å². The number of piperazine rings is 1. The van der Waals surface area contributed by atoms with Crippen LogP contribution >= 0.6 is 0 Å². The maximum atomic E-state index is 3.78. The third kappa shape index (κ3) is 4.46. The molecule has 1 aliphatic heterocycles. The van der Waals surface area contributed by atoms with Gasteiger partial charge in [-0.05, 0) is 30.6 Å². The Labute approximate surface area is 121 Å². The van der Waals surface area contributed by atoms with E-state index in [4.69, 9.17) is 0 Å². The molecule has 2 nitrogen and oxygen atoms in total. The number of nitrogens with one attached hydrogen (secondary N) is 1. The Morgan fingerprint density at radius 3 is 2.26 bits per heavy atom. The molecule has 3 unspecified atom stereocenters. The van der Waals surface area contributed by atoms with Gasteiger partial charge in [0.15, 0.2) is 0 Å². The topological polar surface area (TPSA) is 15.3 Å². The summed E-state index contributed by atoms with van der Waals surface area (Å²) in [6.45, 7) is 22.4. The van der Waals surface area contributed by atoms with Crippen LogP contribution in [0, 0.1) is 17.3 Å². The summed E-state index contributed by atoms with van der Waals surface area (Å²) < 4.78 is 0. The number of nitrogens with zero attached hydrogens (tertiary/aromatic N) is 1. The summed E-state index contributed by atoms with van der Waals surface area (Å²) in [5.74, 6) is 1.45. The van der Waals surface area contributed by atoms with E-state index in [1.807, 2.05) is 0 Å². The predicted molar refractivity (Wildman–Crippen MR) is 85.5 cm³/mol. The molecule has 1 rings (SSSR count). The van der Waals surface area contributed by atoms with Crippen LogP contribution in [0.1, 0.15) is 61.8 Å². The van der Waals surface area contributed by atoms with E-state index in [-0.39, 0.29) is 0 Å². The van der Waals surface area contributed by atoms with E-state index in [9.17, 15) is 0 Å². The molecule has 3 atom stereocenters. The minimum Gasteiger partial charge on any atom is -0.309 e. The molecule has 0 spiro atoms. The lowest BCUT2D eigenvalue weighted by molar-refractivity contribution is 0.0329. The molecule has 0 amide bonds. The summed E-state index contributed by atoms with van der Waals surface area (Å²) in [5.41, 5.74) is 0.692. The molecule has 114 valence electrons. The van der Waals surface area contributed by atoms with Crippen LogP contribution in [0.3, 0.4) is 0 Å². The molecule has 1 fully saturated rings. The van der Waals surface area contributed by atoms with E-state index in [1.54, 1.807) is 0 Å². The maximum absolute atomic E-state index is 3.78. The van der Waals surface area contributed by atoms with E-state index >= 15 is 0 Å². The molecule has 1 N–H and O–H groups in total. The molecule has 0 radical (unpaired) electrons. The normalized spacial score (nSPS) is 31.7. The van der Waals surface area contributed by atoms with Gasteiger partial charge in [0.25, 0.3) is 0 Å². The fourth-order valence-electron chi connectivity index (χ4n) is 2.82. The number of hydrogen-bond donors (Lipinski definition) is 1. The smallest absolute Gasteiger partial charge is 0.0278 e. The first kappa shape index (κ1) is 17.0. The predicted octanol–water partition coefficient (Wildman–Crippen LogP) is 3.77. The van der Waals surface area contributed by atoms with E-state index in [2.05, 4.69) is 65.6 Å². The highest BCUT2D eigenvalue weighted by molar-refractivity contribution is 4.96. The van der Waals surface area contributed by atoms with Gasteiger partial charge in [-0.3, -0.25) is 4.90 Å². The van der Waals surface area contributed by atoms with Crippen LogP contribution in [0.25, 0.3) is 0 Å². The van der Waals surface area contributed by atoms with Crippen molar-refractivity contribution in [2.45, 2.75) is 73.4 Å². The summed E-state index contributed by atoms with van der Waals surface area (Å²) in [6, 6.07) is 0.685. The van der Waals surface area contributed by atoms with Crippen LogP contribution in [-0.2, 0) is 0 Å². The highest BCUT2D eigenvalue weighted by atomic mass is 15.3. The zero-order valence-electron chi connectivity index (χ0n) is 14.5. The summed E-state index contributed by atoms with van der Waals surface area (Å²) >= 11 is 0. The minimum absolute atomic E-state index is 0.295. The molecule has 0 aliphatic carbocycles. The van der Waals surface area contributed by atoms with Crippen molar-refractivity contribution in [3.8, 4) is 0 Å². The largest absolute Gasteiger partial charge is 0.309 e. The highest BCUT2D eigenvalue weighted by Gasteiger charge is 2.37. The lowest BCUT2D eigenvalue weighted by Crippen LogP contribution is -2.64. The molecule has 2 heteroatoms. The monoisotopic (exact) mass is 268 g/mol. The average molecular weight is 268 g/mol. The maximum Gasteiger partial charge on any atom is 0.0278 e. The molecular weight excluding hydrogens is 232 g/mol. The highest BCUT2D eigenvalue weighted by Crippen LogP contribution is 2.30. The fraction of sp³-hybridized carbons (Fsp3) is 1.00. The van der Waals surface area contributed by atoms with Crippen molar-refractivity contribution < 1.29 is 0 Å². The summed E-state index contributed by atoms with van der Waals surface area (Å²) in [5, 5.41) is 3.78. The van der Waals surface area contributed by atoms with E-state index in [0.717, 1.165) is 18.4 Å². The van der Waals surface area contributed by atoms with Gasteiger partial charge < -0.3 is 5.32 Å². The van der Waals surface area contributed by atoms with Gasteiger partial charge in [-0.2, -0.15) is 0 Å². The second-order valence-corrected chi connectivity index (χ2v) is 8.30. The zero-order chi connectivity index (χ0) is 14.8. The third-order valence-corrected chi connectivity index (χ3v) is 5.30. The molecule has 19 heavy (non-hydrogen) atoms. The Morgan fingerprint density at radius 2 is 1.84 bits per heavy atom. The van der Waals surface area contributed by atoms with Crippen LogP contribution < -0.4 is 5.32 Å². The van der Waals surface area contributed by atoms with Crippen molar-refractivity contribution in [2.75, 3.05) is 19.6 Å². The molecule has 0 aromatic carbocycles. The van der Waals surface area contributed by atoms with Crippen molar-refractivity contribution in [3.05, 3.63) is 0 Å². The minimum atomic E-state index is 0.295. The van der Waals surface area contributed by atoms with Crippen molar-refractivity contribution in [1.29, 1.82) is 0 Å². The van der Waals surface area contributed by atoms with Gasteiger partial charge in [0.1, 0.15) is 0 Å². The second-order valence-electron chi connectivity index (χ2n) is 8.30. The Morgan fingerprint density at radius 1 is 1.26 bits per heavy atom. The van der Waals surface area contributed by atoms with Crippen molar-refractivity contribution >= 4 is 0 Å². The summed E-state index contributed by atoms with van der Waals surface area (Å²) in [6.07, 6.45) is 1.21. The summed E-state index contributed by atoms with van der Waals surface area (Å²) in [4.78, 5) is 2.75. The van der Waals surface area contributed by atoms with Gasteiger partial charge in [-0.25, -0.2) is 0 Å². The van der Waals surface area contributed by atoms with Crippen molar-refractivity contribution in [3.63, 3.8) is 0 Å². The van der Waals surface area contributed by atoms with Gasteiger partial charge in [-0.15, -0.1) is 0 Å². The Bertz CT molecular complexity index is 279. The van der Waals surface area contributed by atoms with Crippen LogP contribution in [0.4, 0.5) is 0 Å². The van der Waals surface area contributed by atoms with Crippen LogP contribution in [0.15, 0.2) is 0 Å². The van der Waals surface area contributed by atoms with Gasteiger partial charge in [0.05, 0.1) is 0 Å². The van der Waals surface area contributed by atoms with Gasteiger partial charge >= 0.3 is 0 Å². The molecule has 0 saturated carbocycles. The van der Waals surface area contributed by atoms with Crippen LogP contribution in [-0.4, -0.2) is 36.1 Å². The SMILES string of the molecule is CCC1(C)CN(CC(C)C(C)(C)C)C(C(C)C)CN1.